The first-order valence-corrected chi connectivity index (χ1v) is 11.8. The Labute approximate surface area is 186 Å². The van der Waals surface area contributed by atoms with E-state index in [4.69, 9.17) is 4.74 Å². The Balaban J connectivity index is 1.59. The van der Waals surface area contributed by atoms with E-state index in [1.165, 1.54) is 22.6 Å². The van der Waals surface area contributed by atoms with E-state index in [1.54, 1.807) is 24.3 Å². The highest BCUT2D eigenvalue weighted by atomic mass is 32.2. The van der Waals surface area contributed by atoms with E-state index in [0.717, 1.165) is 10.5 Å². The number of aliphatic hydroxyl groups excluding tert-OH is 3. The van der Waals surface area contributed by atoms with Crippen LogP contribution in [-0.4, -0.2) is 64.9 Å². The maximum Gasteiger partial charge on any atom is 0.174 e. The van der Waals surface area contributed by atoms with Gasteiger partial charge >= 0.3 is 0 Å². The zero-order valence-corrected chi connectivity index (χ0v) is 18.3. The fourth-order valence-corrected chi connectivity index (χ4v) is 5.41. The summed E-state index contributed by atoms with van der Waals surface area (Å²) in [6.07, 6.45) is -1.84. The zero-order chi connectivity index (χ0) is 22.0. The molecule has 0 aliphatic carbocycles. The van der Waals surface area contributed by atoms with Gasteiger partial charge < -0.3 is 20.1 Å². The summed E-state index contributed by atoms with van der Waals surface area (Å²) in [5.41, 5.74) is 0.359. The van der Waals surface area contributed by atoms with Crippen molar-refractivity contribution in [1.82, 2.24) is 15.0 Å². The van der Waals surface area contributed by atoms with Crippen LogP contribution in [0.2, 0.25) is 0 Å². The fourth-order valence-electron chi connectivity index (χ4n) is 3.38. The third-order valence-corrected chi connectivity index (χ3v) is 7.50. The fraction of sp³-hybridized carbons (Fsp3) is 0.333. The van der Waals surface area contributed by atoms with Crippen LogP contribution in [0.1, 0.15) is 11.6 Å². The second-order valence-electron chi connectivity index (χ2n) is 7.25. The Hall–Kier alpha value is -2.08. The molecule has 0 radical (unpaired) electrons. The molecule has 2 aromatic carbocycles. The van der Waals surface area contributed by atoms with E-state index in [2.05, 4.69) is 10.3 Å². The number of rotatable bonds is 6. The Bertz CT molecular complexity index is 1030. The number of thioether (sulfide) groups is 1. The molecule has 3 aromatic rings. The summed E-state index contributed by atoms with van der Waals surface area (Å²) >= 11 is 1.29. The predicted octanol–water partition coefficient (Wildman–Crippen LogP) is 1.53. The van der Waals surface area contributed by atoms with Gasteiger partial charge in [-0.25, -0.2) is 8.89 Å². The molecule has 3 N–H and O–H groups in total. The van der Waals surface area contributed by atoms with Crippen molar-refractivity contribution in [2.45, 2.75) is 51.5 Å². The van der Waals surface area contributed by atoms with Crippen LogP contribution < -0.4 is 0 Å². The molecule has 1 aliphatic heterocycles. The highest BCUT2D eigenvalue weighted by molar-refractivity contribution is 7.99. The minimum Gasteiger partial charge on any atom is -0.394 e. The van der Waals surface area contributed by atoms with Crippen molar-refractivity contribution >= 4 is 22.6 Å². The van der Waals surface area contributed by atoms with Gasteiger partial charge in [-0.2, -0.15) is 0 Å². The summed E-state index contributed by atoms with van der Waals surface area (Å²) in [5, 5.41) is 39.6. The van der Waals surface area contributed by atoms with Gasteiger partial charge in [0.25, 0.3) is 0 Å². The first-order valence-electron chi connectivity index (χ1n) is 9.72. The molecule has 1 fully saturated rings. The van der Waals surface area contributed by atoms with Crippen molar-refractivity contribution < 1.29 is 24.3 Å². The van der Waals surface area contributed by atoms with Crippen molar-refractivity contribution in [1.29, 1.82) is 0 Å². The number of aryl methyl sites for hydroxylation is 1. The van der Waals surface area contributed by atoms with E-state index >= 15 is 0 Å². The second kappa shape index (κ2) is 9.60. The maximum atomic E-state index is 12.8. The van der Waals surface area contributed by atoms with Crippen LogP contribution >= 0.6 is 11.8 Å². The van der Waals surface area contributed by atoms with Crippen molar-refractivity contribution in [2.24, 2.45) is 0 Å². The van der Waals surface area contributed by atoms with Crippen LogP contribution in [-0.2, 0) is 15.5 Å². The third-order valence-electron chi connectivity index (χ3n) is 5.06. The van der Waals surface area contributed by atoms with Crippen molar-refractivity contribution in [2.75, 3.05) is 6.61 Å². The molecule has 0 bridgehead atoms. The molecular weight excluding hydrogens is 438 g/mol. The van der Waals surface area contributed by atoms with E-state index in [1.807, 2.05) is 37.3 Å². The average molecular weight is 462 g/mol. The molecule has 1 saturated heterocycles. The molecule has 31 heavy (non-hydrogen) atoms. The van der Waals surface area contributed by atoms with Gasteiger partial charge in [-0.1, -0.05) is 52.9 Å². The molecule has 6 atom stereocenters. The molecule has 2 heterocycles. The van der Waals surface area contributed by atoms with Crippen LogP contribution in [0, 0.1) is 6.92 Å². The number of benzene rings is 2. The van der Waals surface area contributed by atoms with Crippen LogP contribution in [0.4, 0.5) is 0 Å². The summed E-state index contributed by atoms with van der Waals surface area (Å²) in [5.74, 6) is 0. The Morgan fingerprint density at radius 1 is 1.10 bits per heavy atom. The summed E-state index contributed by atoms with van der Waals surface area (Å²) < 4.78 is 19.8. The standard InChI is InChI=1S/C21H23N3O5S2/c1-13-7-9-14(10-8-13)30-21-20(27)18(19(26)16(12-25)29-21)24-11-17(22-23-24)31(28)15-5-3-2-4-6-15/h2-11,16,18-21,25-27H,12H2,1H3/t16-,18+,19+,20-,21+,31?/m1/s1. The summed E-state index contributed by atoms with van der Waals surface area (Å²) in [4.78, 5) is 1.45. The van der Waals surface area contributed by atoms with Gasteiger partial charge in [0, 0.05) is 9.79 Å². The normalized spacial score (nSPS) is 27.2. The minimum absolute atomic E-state index is 0.209. The first kappa shape index (κ1) is 22.1. The number of hydrogen-bond donors (Lipinski definition) is 3. The van der Waals surface area contributed by atoms with Crippen molar-refractivity contribution in [3.05, 3.63) is 66.4 Å². The van der Waals surface area contributed by atoms with Crippen LogP contribution in [0.5, 0.6) is 0 Å². The molecule has 0 amide bonds. The van der Waals surface area contributed by atoms with E-state index in [0.29, 0.717) is 4.90 Å². The average Bonchev–Trinajstić information content (AvgIpc) is 3.27. The monoisotopic (exact) mass is 461 g/mol. The van der Waals surface area contributed by atoms with Crippen LogP contribution in [0.3, 0.4) is 0 Å². The molecule has 1 aromatic heterocycles. The van der Waals surface area contributed by atoms with E-state index in [9.17, 15) is 19.5 Å². The van der Waals surface area contributed by atoms with Gasteiger partial charge in [-0.3, -0.25) is 0 Å². The molecule has 0 saturated carbocycles. The first-order chi connectivity index (χ1) is 15.0. The van der Waals surface area contributed by atoms with Gasteiger partial charge in [0.2, 0.25) is 0 Å². The molecule has 1 unspecified atom stereocenters. The van der Waals surface area contributed by atoms with E-state index in [-0.39, 0.29) is 5.03 Å². The van der Waals surface area contributed by atoms with Gasteiger partial charge in [0.15, 0.2) is 5.03 Å². The largest absolute Gasteiger partial charge is 0.394 e. The Morgan fingerprint density at radius 3 is 2.48 bits per heavy atom. The summed E-state index contributed by atoms with van der Waals surface area (Å²) in [6.45, 7) is 1.56. The molecule has 4 rings (SSSR count). The van der Waals surface area contributed by atoms with Gasteiger partial charge in [-0.05, 0) is 31.2 Å². The maximum absolute atomic E-state index is 12.8. The molecule has 0 spiro atoms. The lowest BCUT2D eigenvalue weighted by molar-refractivity contribution is -0.178. The molecule has 10 heteroatoms. The molecular formula is C21H23N3O5S2. The lowest BCUT2D eigenvalue weighted by Crippen LogP contribution is -2.55. The van der Waals surface area contributed by atoms with Crippen molar-refractivity contribution in [3.8, 4) is 0 Å². The minimum atomic E-state index is -1.55. The number of aromatic nitrogens is 3. The molecule has 8 nitrogen and oxygen atoms in total. The number of hydrogen-bond acceptors (Lipinski definition) is 8. The van der Waals surface area contributed by atoms with E-state index < -0.39 is 47.2 Å². The second-order valence-corrected chi connectivity index (χ2v) is 9.85. The Morgan fingerprint density at radius 2 is 1.81 bits per heavy atom. The number of nitrogens with zero attached hydrogens (tertiary/aromatic N) is 3. The smallest absolute Gasteiger partial charge is 0.174 e. The third kappa shape index (κ3) is 4.74. The highest BCUT2D eigenvalue weighted by Crippen LogP contribution is 2.38. The van der Waals surface area contributed by atoms with Gasteiger partial charge in [0.1, 0.15) is 40.6 Å². The molecule has 164 valence electrons. The number of ether oxygens (including phenoxy) is 1. The zero-order valence-electron chi connectivity index (χ0n) is 16.7. The van der Waals surface area contributed by atoms with Crippen molar-refractivity contribution in [3.63, 3.8) is 0 Å². The SMILES string of the molecule is Cc1ccc(S[C@@H]2O[C@H](CO)[C@H](O)[C@H](n3cc(S(=O)c4ccccc4)nn3)[C@H]2O)cc1. The highest BCUT2D eigenvalue weighted by Gasteiger charge is 2.46. The topological polar surface area (TPSA) is 118 Å². The van der Waals surface area contributed by atoms with Gasteiger partial charge in [0.05, 0.1) is 12.8 Å². The Kier molecular flexibility index (Phi) is 6.85. The quantitative estimate of drug-likeness (QED) is 0.506. The van der Waals surface area contributed by atoms with Crippen LogP contribution in [0.15, 0.2) is 75.6 Å². The summed E-state index contributed by atoms with van der Waals surface area (Å²) in [7, 11) is -1.55. The number of aliphatic hydroxyl groups is 3. The predicted molar refractivity (Wildman–Crippen MR) is 115 cm³/mol. The molecule has 1 aliphatic rings. The van der Waals surface area contributed by atoms with Crippen LogP contribution in [0.25, 0.3) is 0 Å². The summed E-state index contributed by atoms with van der Waals surface area (Å²) in [6, 6.07) is 15.7. The van der Waals surface area contributed by atoms with Gasteiger partial charge in [-0.15, -0.1) is 5.10 Å². The lowest BCUT2D eigenvalue weighted by atomic mass is 9.97. The lowest BCUT2D eigenvalue weighted by Gasteiger charge is -2.41.